The standard InChI is InChI=1S/C13H12N2O3/c1-8-5-10(3-4-12(8)15(17)18)11-6-9(2)14-13(16)7-11/h3-7H,1-2H3,(H,14,16). The Morgan fingerprint density at radius 3 is 2.39 bits per heavy atom. The van der Waals surface area contributed by atoms with Crippen LogP contribution < -0.4 is 5.56 Å². The quantitative estimate of drug-likeness (QED) is 0.651. The highest BCUT2D eigenvalue weighted by molar-refractivity contribution is 5.66. The van der Waals surface area contributed by atoms with Crippen LogP contribution in [0.1, 0.15) is 11.3 Å². The molecule has 0 aliphatic carbocycles. The second kappa shape index (κ2) is 4.44. The highest BCUT2D eigenvalue weighted by Gasteiger charge is 2.11. The Kier molecular flexibility index (Phi) is 2.97. The molecule has 2 rings (SSSR count). The Morgan fingerprint density at radius 1 is 1.11 bits per heavy atom. The summed E-state index contributed by atoms with van der Waals surface area (Å²) in [6, 6.07) is 8.14. The van der Waals surface area contributed by atoms with E-state index < -0.39 is 4.92 Å². The summed E-state index contributed by atoms with van der Waals surface area (Å²) in [5.41, 5.74) is 2.80. The summed E-state index contributed by atoms with van der Waals surface area (Å²) < 4.78 is 0. The van der Waals surface area contributed by atoms with Crippen LogP contribution in [0, 0.1) is 24.0 Å². The second-order valence-corrected chi connectivity index (χ2v) is 4.17. The van der Waals surface area contributed by atoms with Gasteiger partial charge in [-0.3, -0.25) is 14.9 Å². The summed E-state index contributed by atoms with van der Waals surface area (Å²) in [5, 5.41) is 10.7. The number of pyridine rings is 1. The molecular weight excluding hydrogens is 232 g/mol. The minimum absolute atomic E-state index is 0.0836. The first-order valence-electron chi connectivity index (χ1n) is 5.44. The van der Waals surface area contributed by atoms with Gasteiger partial charge in [-0.25, -0.2) is 0 Å². The van der Waals surface area contributed by atoms with Crippen molar-refractivity contribution >= 4 is 5.69 Å². The summed E-state index contributed by atoms with van der Waals surface area (Å²) in [7, 11) is 0. The molecule has 1 heterocycles. The van der Waals surface area contributed by atoms with Crippen molar-refractivity contribution in [3.63, 3.8) is 0 Å². The molecule has 92 valence electrons. The van der Waals surface area contributed by atoms with E-state index in [0.29, 0.717) is 5.56 Å². The van der Waals surface area contributed by atoms with Crippen molar-refractivity contribution in [2.24, 2.45) is 0 Å². The summed E-state index contributed by atoms with van der Waals surface area (Å²) in [6.07, 6.45) is 0. The van der Waals surface area contributed by atoms with Gasteiger partial charge in [0, 0.05) is 23.4 Å². The number of aromatic nitrogens is 1. The van der Waals surface area contributed by atoms with Crippen LogP contribution >= 0.6 is 0 Å². The van der Waals surface area contributed by atoms with Crippen LogP contribution in [0.3, 0.4) is 0 Å². The van der Waals surface area contributed by atoms with Gasteiger partial charge in [-0.15, -0.1) is 0 Å². The van der Waals surface area contributed by atoms with E-state index in [1.807, 2.05) is 6.07 Å². The molecule has 0 saturated heterocycles. The average molecular weight is 244 g/mol. The predicted octanol–water partition coefficient (Wildman–Crippen LogP) is 2.57. The number of aryl methyl sites for hydroxylation is 2. The van der Waals surface area contributed by atoms with Crippen LogP contribution in [0.2, 0.25) is 0 Å². The van der Waals surface area contributed by atoms with Gasteiger partial charge in [-0.05, 0) is 43.2 Å². The first-order chi connectivity index (χ1) is 8.47. The van der Waals surface area contributed by atoms with Gasteiger partial charge in [-0.2, -0.15) is 0 Å². The zero-order valence-corrected chi connectivity index (χ0v) is 10.1. The van der Waals surface area contributed by atoms with Gasteiger partial charge in [-0.1, -0.05) is 0 Å². The van der Waals surface area contributed by atoms with Gasteiger partial charge in [0.15, 0.2) is 0 Å². The van der Waals surface area contributed by atoms with Crippen LogP contribution in [0.15, 0.2) is 35.1 Å². The molecule has 0 bridgehead atoms. The van der Waals surface area contributed by atoms with Gasteiger partial charge >= 0.3 is 0 Å². The van der Waals surface area contributed by atoms with Crippen molar-refractivity contribution in [1.29, 1.82) is 0 Å². The third kappa shape index (κ3) is 2.29. The number of nitrogens with one attached hydrogen (secondary N) is 1. The molecule has 0 radical (unpaired) electrons. The number of rotatable bonds is 2. The topological polar surface area (TPSA) is 76.0 Å². The first kappa shape index (κ1) is 12.0. The van der Waals surface area contributed by atoms with Crippen LogP contribution in [-0.4, -0.2) is 9.91 Å². The van der Waals surface area contributed by atoms with Crippen molar-refractivity contribution in [1.82, 2.24) is 4.98 Å². The lowest BCUT2D eigenvalue weighted by Gasteiger charge is -2.04. The number of H-pyrrole nitrogens is 1. The van der Waals surface area contributed by atoms with E-state index in [0.717, 1.165) is 16.8 Å². The highest BCUT2D eigenvalue weighted by Crippen LogP contribution is 2.25. The number of nitro benzene ring substituents is 1. The molecule has 0 spiro atoms. The average Bonchev–Trinajstić information content (AvgIpc) is 2.26. The van der Waals surface area contributed by atoms with Gasteiger partial charge in [0.05, 0.1) is 4.92 Å². The molecule has 1 aromatic carbocycles. The van der Waals surface area contributed by atoms with Crippen LogP contribution in [0.4, 0.5) is 5.69 Å². The molecule has 5 heteroatoms. The number of nitro groups is 1. The molecule has 0 saturated carbocycles. The third-order valence-corrected chi connectivity index (χ3v) is 2.71. The van der Waals surface area contributed by atoms with Crippen LogP contribution in [0.25, 0.3) is 11.1 Å². The first-order valence-corrected chi connectivity index (χ1v) is 5.44. The number of benzene rings is 1. The summed E-state index contributed by atoms with van der Waals surface area (Å²) in [5.74, 6) is 0. The molecular formula is C13H12N2O3. The second-order valence-electron chi connectivity index (χ2n) is 4.17. The van der Waals surface area contributed by atoms with Gasteiger partial charge in [0.1, 0.15) is 0 Å². The van der Waals surface area contributed by atoms with Gasteiger partial charge in [0.2, 0.25) is 5.56 Å². The Balaban J connectivity index is 2.55. The van der Waals surface area contributed by atoms with E-state index >= 15 is 0 Å². The molecule has 0 amide bonds. The SMILES string of the molecule is Cc1cc(-c2ccc([N+](=O)[O-])c(C)c2)cc(=O)[nH]1. The smallest absolute Gasteiger partial charge is 0.272 e. The molecule has 18 heavy (non-hydrogen) atoms. The maximum Gasteiger partial charge on any atom is 0.272 e. The largest absolute Gasteiger partial charge is 0.326 e. The summed E-state index contributed by atoms with van der Waals surface area (Å²) >= 11 is 0. The Bertz CT molecular complexity index is 674. The molecule has 0 fully saturated rings. The molecule has 0 unspecified atom stereocenters. The zero-order chi connectivity index (χ0) is 13.3. The van der Waals surface area contributed by atoms with E-state index in [1.165, 1.54) is 12.1 Å². The Morgan fingerprint density at radius 2 is 1.83 bits per heavy atom. The van der Waals surface area contributed by atoms with Gasteiger partial charge < -0.3 is 4.98 Å². The molecule has 0 atom stereocenters. The van der Waals surface area contributed by atoms with E-state index in [4.69, 9.17) is 0 Å². The lowest BCUT2D eigenvalue weighted by atomic mass is 10.0. The van der Waals surface area contributed by atoms with Crippen molar-refractivity contribution < 1.29 is 4.92 Å². The number of nitrogens with zero attached hydrogens (tertiary/aromatic N) is 1. The fourth-order valence-corrected chi connectivity index (χ4v) is 1.89. The number of hydrogen-bond acceptors (Lipinski definition) is 3. The summed E-state index contributed by atoms with van der Waals surface area (Å²) in [6.45, 7) is 3.48. The van der Waals surface area contributed by atoms with Crippen molar-refractivity contribution in [2.45, 2.75) is 13.8 Å². The highest BCUT2D eigenvalue weighted by atomic mass is 16.6. The van der Waals surface area contributed by atoms with Crippen LogP contribution in [-0.2, 0) is 0 Å². The Labute approximate surface area is 103 Å². The Hall–Kier alpha value is -2.43. The molecule has 0 aliphatic rings. The van der Waals surface area contributed by atoms with Crippen molar-refractivity contribution in [3.05, 3.63) is 62.1 Å². The number of aromatic amines is 1. The van der Waals surface area contributed by atoms with Crippen molar-refractivity contribution in [3.8, 4) is 11.1 Å². The molecule has 1 N–H and O–H groups in total. The van der Waals surface area contributed by atoms with Gasteiger partial charge in [0.25, 0.3) is 5.69 Å². The summed E-state index contributed by atoms with van der Waals surface area (Å²) in [4.78, 5) is 24.4. The lowest BCUT2D eigenvalue weighted by molar-refractivity contribution is -0.385. The number of hydrogen-bond donors (Lipinski definition) is 1. The maximum atomic E-state index is 11.4. The minimum atomic E-state index is -0.415. The van der Waals surface area contributed by atoms with E-state index in [1.54, 1.807) is 26.0 Å². The fraction of sp³-hybridized carbons (Fsp3) is 0.154. The molecule has 1 aromatic heterocycles. The third-order valence-electron chi connectivity index (χ3n) is 2.71. The van der Waals surface area contributed by atoms with E-state index in [-0.39, 0.29) is 11.2 Å². The van der Waals surface area contributed by atoms with E-state index in [2.05, 4.69) is 4.98 Å². The maximum absolute atomic E-state index is 11.4. The molecule has 2 aromatic rings. The molecule has 5 nitrogen and oxygen atoms in total. The zero-order valence-electron chi connectivity index (χ0n) is 10.1. The predicted molar refractivity (Wildman–Crippen MR) is 68.6 cm³/mol. The lowest BCUT2D eigenvalue weighted by Crippen LogP contribution is -2.05. The molecule has 0 aliphatic heterocycles. The normalized spacial score (nSPS) is 10.3. The van der Waals surface area contributed by atoms with Crippen molar-refractivity contribution in [2.75, 3.05) is 0 Å². The van der Waals surface area contributed by atoms with E-state index in [9.17, 15) is 14.9 Å². The fourth-order valence-electron chi connectivity index (χ4n) is 1.89. The minimum Gasteiger partial charge on any atom is -0.326 e. The van der Waals surface area contributed by atoms with Crippen LogP contribution in [0.5, 0.6) is 0 Å². The monoisotopic (exact) mass is 244 g/mol.